The topological polar surface area (TPSA) is 90.0 Å². The number of nitrogens with zero attached hydrogens (tertiary/aromatic N) is 5. The van der Waals surface area contributed by atoms with E-state index in [1.54, 1.807) is 11.1 Å². The summed E-state index contributed by atoms with van der Waals surface area (Å²) in [7, 11) is 1.84. The average molecular weight is 460 g/mol. The molecule has 1 atom stereocenters. The number of anilines is 4. The van der Waals surface area contributed by atoms with Crippen LogP contribution in [0.15, 0.2) is 36.7 Å². The highest BCUT2D eigenvalue weighted by Crippen LogP contribution is 2.39. The number of rotatable bonds is 5. The van der Waals surface area contributed by atoms with E-state index >= 15 is 0 Å². The lowest BCUT2D eigenvalue weighted by atomic mass is 9.85. The summed E-state index contributed by atoms with van der Waals surface area (Å²) >= 11 is 0. The van der Waals surface area contributed by atoms with E-state index in [9.17, 15) is 4.79 Å². The molecule has 0 bridgehead atoms. The van der Waals surface area contributed by atoms with Gasteiger partial charge in [-0.15, -0.1) is 0 Å². The molecule has 1 aliphatic heterocycles. The van der Waals surface area contributed by atoms with Crippen molar-refractivity contribution < 1.29 is 4.79 Å². The van der Waals surface area contributed by atoms with Crippen molar-refractivity contribution in [1.29, 1.82) is 0 Å². The number of hydrogen-bond donors (Lipinski definition) is 2. The second-order valence-electron chi connectivity index (χ2n) is 9.69. The van der Waals surface area contributed by atoms with Gasteiger partial charge in [-0.2, -0.15) is 5.10 Å². The number of carbonyl (C=O) groups is 1. The fraction of sp³-hybridized carbons (Fsp3) is 0.462. The van der Waals surface area contributed by atoms with Crippen LogP contribution >= 0.6 is 0 Å². The van der Waals surface area contributed by atoms with E-state index in [0.29, 0.717) is 11.9 Å². The van der Waals surface area contributed by atoms with Gasteiger partial charge >= 0.3 is 0 Å². The van der Waals surface area contributed by atoms with Crippen molar-refractivity contribution in [3.05, 3.63) is 42.4 Å². The molecule has 2 aliphatic rings. The first kappa shape index (κ1) is 22.4. The van der Waals surface area contributed by atoms with Crippen LogP contribution in [0.2, 0.25) is 0 Å². The minimum atomic E-state index is -0.216. The third-order valence-electron chi connectivity index (χ3n) is 7.13. The maximum Gasteiger partial charge on any atom is 0.249 e. The van der Waals surface area contributed by atoms with Crippen molar-refractivity contribution in [2.45, 2.75) is 70.9 Å². The van der Waals surface area contributed by atoms with Gasteiger partial charge in [-0.05, 0) is 57.9 Å². The standard InChI is InChI=1S/C26H33N7O/c1-16(2)33-17(3)25(34)32(4)22-11-10-19(14-23(22)33)29-26-27-13-12-21(30-26)20-15-28-31-24(20)18-8-6-5-7-9-18/h10-18H,5-9H2,1-4H3,(H,28,31)(H,27,29,30). The molecule has 2 aromatic heterocycles. The Balaban J connectivity index is 1.43. The monoisotopic (exact) mass is 459 g/mol. The summed E-state index contributed by atoms with van der Waals surface area (Å²) in [6, 6.07) is 7.96. The Kier molecular flexibility index (Phi) is 5.98. The van der Waals surface area contributed by atoms with Crippen molar-refractivity contribution in [3.8, 4) is 11.3 Å². The molecule has 34 heavy (non-hydrogen) atoms. The van der Waals surface area contributed by atoms with Crippen LogP contribution in [0.3, 0.4) is 0 Å². The molecule has 178 valence electrons. The summed E-state index contributed by atoms with van der Waals surface area (Å²) in [5, 5.41) is 11.0. The summed E-state index contributed by atoms with van der Waals surface area (Å²) < 4.78 is 0. The molecule has 2 N–H and O–H groups in total. The number of benzene rings is 1. The van der Waals surface area contributed by atoms with Crippen molar-refractivity contribution in [2.24, 2.45) is 0 Å². The molecule has 1 unspecified atom stereocenters. The fourth-order valence-electron chi connectivity index (χ4n) is 5.43. The molecule has 1 aromatic carbocycles. The number of hydrogen-bond acceptors (Lipinski definition) is 6. The van der Waals surface area contributed by atoms with E-state index in [-0.39, 0.29) is 18.0 Å². The highest BCUT2D eigenvalue weighted by atomic mass is 16.2. The molecule has 1 aliphatic carbocycles. The van der Waals surface area contributed by atoms with Gasteiger partial charge in [-0.3, -0.25) is 9.89 Å². The molecular weight excluding hydrogens is 426 g/mol. The quantitative estimate of drug-likeness (QED) is 0.542. The normalized spacial score (nSPS) is 19.0. The largest absolute Gasteiger partial charge is 0.356 e. The average Bonchev–Trinajstić information content (AvgIpc) is 3.33. The summed E-state index contributed by atoms with van der Waals surface area (Å²) in [6.07, 6.45) is 9.95. The molecule has 0 saturated heterocycles. The predicted octanol–water partition coefficient (Wildman–Crippen LogP) is 5.24. The van der Waals surface area contributed by atoms with Gasteiger partial charge in [0.15, 0.2) is 0 Å². The molecule has 1 saturated carbocycles. The zero-order chi connectivity index (χ0) is 23.8. The van der Waals surface area contributed by atoms with E-state index < -0.39 is 0 Å². The number of H-pyrrole nitrogens is 1. The smallest absolute Gasteiger partial charge is 0.249 e. The predicted molar refractivity (Wildman–Crippen MR) is 136 cm³/mol. The lowest BCUT2D eigenvalue weighted by Crippen LogP contribution is -2.53. The highest BCUT2D eigenvalue weighted by molar-refractivity contribution is 6.05. The van der Waals surface area contributed by atoms with E-state index in [0.717, 1.165) is 34.0 Å². The Bertz CT molecular complexity index is 1180. The number of aromatic amines is 1. The zero-order valence-corrected chi connectivity index (χ0v) is 20.4. The van der Waals surface area contributed by atoms with Crippen LogP contribution in [0.25, 0.3) is 11.3 Å². The first-order chi connectivity index (χ1) is 16.4. The van der Waals surface area contributed by atoms with E-state index in [1.807, 2.05) is 38.4 Å². The van der Waals surface area contributed by atoms with Gasteiger partial charge in [-0.1, -0.05) is 19.3 Å². The van der Waals surface area contributed by atoms with Gasteiger partial charge in [0.05, 0.1) is 22.8 Å². The number of nitrogens with one attached hydrogen (secondary N) is 2. The molecule has 3 heterocycles. The fourth-order valence-corrected chi connectivity index (χ4v) is 5.43. The Morgan fingerprint density at radius 1 is 1.12 bits per heavy atom. The second-order valence-corrected chi connectivity index (χ2v) is 9.69. The number of fused-ring (bicyclic) bond motifs is 1. The van der Waals surface area contributed by atoms with E-state index in [2.05, 4.69) is 45.3 Å². The van der Waals surface area contributed by atoms with Crippen LogP contribution in [0.4, 0.5) is 23.0 Å². The second kappa shape index (κ2) is 9.08. The van der Waals surface area contributed by atoms with Gasteiger partial charge in [0.1, 0.15) is 6.04 Å². The van der Waals surface area contributed by atoms with Crippen LogP contribution in [0, 0.1) is 0 Å². The molecule has 0 spiro atoms. The molecular formula is C26H33N7O. The van der Waals surface area contributed by atoms with Crippen molar-refractivity contribution in [1.82, 2.24) is 20.2 Å². The SMILES string of the molecule is CC(C)N1c2cc(Nc3nccc(-c4c[nH]nc4C4CCCCC4)n3)ccc2N(C)C(=O)C1C. The summed E-state index contributed by atoms with van der Waals surface area (Å²) in [5.41, 5.74) is 5.87. The summed E-state index contributed by atoms with van der Waals surface area (Å²) in [6.45, 7) is 6.18. The molecule has 3 aromatic rings. The molecule has 1 amide bonds. The van der Waals surface area contributed by atoms with Gasteiger partial charge in [0, 0.05) is 42.7 Å². The van der Waals surface area contributed by atoms with Crippen molar-refractivity contribution in [2.75, 3.05) is 22.2 Å². The van der Waals surface area contributed by atoms with Crippen LogP contribution in [-0.4, -0.2) is 45.2 Å². The Morgan fingerprint density at radius 2 is 1.91 bits per heavy atom. The maximum absolute atomic E-state index is 12.7. The highest BCUT2D eigenvalue weighted by Gasteiger charge is 2.35. The molecule has 0 radical (unpaired) electrons. The molecule has 5 rings (SSSR count). The van der Waals surface area contributed by atoms with Crippen LogP contribution in [0.5, 0.6) is 0 Å². The third kappa shape index (κ3) is 4.02. The van der Waals surface area contributed by atoms with Crippen LogP contribution < -0.4 is 15.1 Å². The first-order valence-electron chi connectivity index (χ1n) is 12.3. The minimum Gasteiger partial charge on any atom is -0.356 e. The Morgan fingerprint density at radius 3 is 2.68 bits per heavy atom. The summed E-state index contributed by atoms with van der Waals surface area (Å²) in [5.74, 6) is 1.13. The Hall–Kier alpha value is -3.42. The maximum atomic E-state index is 12.7. The Labute approximate surface area is 200 Å². The van der Waals surface area contributed by atoms with Gasteiger partial charge < -0.3 is 15.1 Å². The number of amides is 1. The summed E-state index contributed by atoms with van der Waals surface area (Å²) in [4.78, 5) is 25.9. The zero-order valence-electron chi connectivity index (χ0n) is 20.4. The number of likely N-dealkylation sites (N-methyl/N-ethyl adjacent to an activating group) is 1. The molecule has 8 nitrogen and oxygen atoms in total. The van der Waals surface area contributed by atoms with E-state index in [4.69, 9.17) is 4.98 Å². The van der Waals surface area contributed by atoms with Gasteiger partial charge in [0.2, 0.25) is 11.9 Å². The van der Waals surface area contributed by atoms with Crippen LogP contribution in [-0.2, 0) is 4.79 Å². The number of aromatic nitrogens is 4. The van der Waals surface area contributed by atoms with Crippen molar-refractivity contribution in [3.63, 3.8) is 0 Å². The third-order valence-corrected chi connectivity index (χ3v) is 7.13. The van der Waals surface area contributed by atoms with Crippen molar-refractivity contribution >= 4 is 28.9 Å². The lowest BCUT2D eigenvalue weighted by molar-refractivity contribution is -0.119. The van der Waals surface area contributed by atoms with E-state index in [1.165, 1.54) is 32.1 Å². The molecule has 1 fully saturated rings. The van der Waals surface area contributed by atoms with Crippen LogP contribution in [0.1, 0.15) is 64.5 Å². The lowest BCUT2D eigenvalue weighted by Gasteiger charge is -2.42. The number of carbonyl (C=O) groups excluding carboxylic acids is 1. The first-order valence-corrected chi connectivity index (χ1v) is 12.3. The van der Waals surface area contributed by atoms with Gasteiger partial charge in [0.25, 0.3) is 0 Å². The van der Waals surface area contributed by atoms with Gasteiger partial charge in [-0.25, -0.2) is 9.97 Å². The minimum absolute atomic E-state index is 0.104. The molecule has 8 heteroatoms.